The number of carboxylic acid groups (broad SMARTS) is 2. The molecule has 0 aliphatic heterocycles. The minimum atomic E-state index is -1.50. The fourth-order valence-electron chi connectivity index (χ4n) is 4.04. The fraction of sp³-hybridized carbons (Fsp3) is 0.500. The lowest BCUT2D eigenvalue weighted by molar-refractivity contribution is -0.144. The minimum absolute atomic E-state index is 0.0644. The molecule has 38 heavy (non-hydrogen) atoms. The quantitative estimate of drug-likeness (QED) is 0.185. The van der Waals surface area contributed by atoms with E-state index in [0.717, 1.165) is 16.5 Å². The van der Waals surface area contributed by atoms with Gasteiger partial charge in [-0.2, -0.15) is 0 Å². The highest BCUT2D eigenvalue weighted by molar-refractivity contribution is 5.96. The van der Waals surface area contributed by atoms with Gasteiger partial charge in [0, 0.05) is 17.1 Å². The molecule has 0 saturated heterocycles. The molecule has 1 heterocycles. The number of hydrogen-bond acceptors (Lipinski definition) is 6. The van der Waals surface area contributed by atoms with Gasteiger partial charge in [-0.25, -0.2) is 4.79 Å². The van der Waals surface area contributed by atoms with Crippen LogP contribution in [-0.4, -0.2) is 69.0 Å². The first-order chi connectivity index (χ1) is 17.8. The molecule has 0 bridgehead atoms. The first-order valence-corrected chi connectivity index (χ1v) is 12.5. The van der Waals surface area contributed by atoms with Crippen LogP contribution in [0.5, 0.6) is 0 Å². The van der Waals surface area contributed by atoms with Gasteiger partial charge >= 0.3 is 11.9 Å². The first-order valence-electron chi connectivity index (χ1n) is 12.5. The number of carboxylic acids is 2. The summed E-state index contributed by atoms with van der Waals surface area (Å²) in [6, 6.07) is 2.57. The van der Waals surface area contributed by atoms with Gasteiger partial charge in [-0.3, -0.25) is 19.2 Å². The molecule has 8 N–H and O–H groups in total. The number of hydrogen-bond donors (Lipinski definition) is 7. The number of aliphatic carboxylic acids is 2. The van der Waals surface area contributed by atoms with Gasteiger partial charge in [0.15, 0.2) is 0 Å². The van der Waals surface area contributed by atoms with Crippen LogP contribution in [0.3, 0.4) is 0 Å². The SMILES string of the molecule is CC(C)CC(NC(=O)C(CC(=O)O)NC(=O)C(N)Cc1c[nH]c2ccccc12)C(=O)NC(C(=O)O)C(C)C. The summed E-state index contributed by atoms with van der Waals surface area (Å²) in [6.45, 7) is 6.88. The zero-order chi connectivity index (χ0) is 28.6. The summed E-state index contributed by atoms with van der Waals surface area (Å²) in [5, 5.41) is 26.9. The van der Waals surface area contributed by atoms with Crippen LogP contribution < -0.4 is 21.7 Å². The average molecular weight is 532 g/mol. The summed E-state index contributed by atoms with van der Waals surface area (Å²) in [7, 11) is 0. The third kappa shape index (κ3) is 8.58. The van der Waals surface area contributed by atoms with Gasteiger partial charge in [0.1, 0.15) is 18.1 Å². The number of carbonyl (C=O) groups is 5. The summed E-state index contributed by atoms with van der Waals surface area (Å²) in [5.74, 6) is -5.38. The molecule has 0 fully saturated rings. The van der Waals surface area contributed by atoms with Crippen LogP contribution in [-0.2, 0) is 30.4 Å². The molecule has 12 heteroatoms. The van der Waals surface area contributed by atoms with Crippen LogP contribution in [0.15, 0.2) is 30.5 Å². The predicted octanol–water partition coefficient (Wildman–Crippen LogP) is 0.754. The maximum absolute atomic E-state index is 13.0. The molecular formula is C26H37N5O7. The van der Waals surface area contributed by atoms with E-state index in [1.165, 1.54) is 0 Å². The Labute approximate surface area is 220 Å². The van der Waals surface area contributed by atoms with Crippen LogP contribution in [0.1, 0.15) is 46.1 Å². The Hall–Kier alpha value is -3.93. The molecule has 0 spiro atoms. The van der Waals surface area contributed by atoms with E-state index in [1.807, 2.05) is 38.1 Å². The summed E-state index contributed by atoms with van der Waals surface area (Å²) in [6.07, 6.45) is 1.30. The Kier molecular flexibility index (Phi) is 10.8. The molecule has 1 aromatic carbocycles. The number of rotatable bonds is 14. The molecule has 4 unspecified atom stereocenters. The lowest BCUT2D eigenvalue weighted by Crippen LogP contribution is -2.58. The number of aromatic nitrogens is 1. The van der Waals surface area contributed by atoms with Crippen molar-refractivity contribution in [2.75, 3.05) is 0 Å². The summed E-state index contributed by atoms with van der Waals surface area (Å²) in [4.78, 5) is 64.8. The predicted molar refractivity (Wildman–Crippen MR) is 140 cm³/mol. The lowest BCUT2D eigenvalue weighted by Gasteiger charge is -2.26. The number of amides is 3. The number of nitrogens with one attached hydrogen (secondary N) is 4. The minimum Gasteiger partial charge on any atom is -0.481 e. The Morgan fingerprint density at radius 2 is 1.50 bits per heavy atom. The second-order valence-electron chi connectivity index (χ2n) is 10.1. The zero-order valence-electron chi connectivity index (χ0n) is 22.0. The zero-order valence-corrected chi connectivity index (χ0v) is 22.0. The van der Waals surface area contributed by atoms with Crippen molar-refractivity contribution < 1.29 is 34.2 Å². The van der Waals surface area contributed by atoms with Gasteiger partial charge in [0.05, 0.1) is 12.5 Å². The van der Waals surface area contributed by atoms with Gasteiger partial charge in [0.25, 0.3) is 0 Å². The standard InChI is InChI=1S/C26H37N5O7/c1-13(2)9-19(25(36)31-22(14(3)4)26(37)38)30-24(35)20(11-21(32)33)29-23(34)17(27)10-15-12-28-18-8-6-5-7-16(15)18/h5-8,12-14,17,19-20,22,28H,9-11,27H2,1-4H3,(H,29,34)(H,30,35)(H,31,36)(H,32,33)(H,37,38). The molecule has 2 aromatic rings. The molecule has 1 aromatic heterocycles. The monoisotopic (exact) mass is 531 g/mol. The number of para-hydroxylation sites is 1. The molecular weight excluding hydrogens is 494 g/mol. The van der Waals surface area contributed by atoms with Crippen molar-refractivity contribution in [1.29, 1.82) is 0 Å². The number of carbonyl (C=O) groups excluding carboxylic acids is 3. The smallest absolute Gasteiger partial charge is 0.326 e. The number of fused-ring (bicyclic) bond motifs is 1. The van der Waals surface area contributed by atoms with E-state index in [-0.39, 0.29) is 18.8 Å². The normalized spacial score (nSPS) is 14.5. The van der Waals surface area contributed by atoms with E-state index in [9.17, 15) is 34.2 Å². The molecule has 0 saturated carbocycles. The molecule has 12 nitrogen and oxygen atoms in total. The fourth-order valence-corrected chi connectivity index (χ4v) is 4.04. The number of aromatic amines is 1. The van der Waals surface area contributed by atoms with Crippen LogP contribution in [0.2, 0.25) is 0 Å². The van der Waals surface area contributed by atoms with Crippen LogP contribution in [0, 0.1) is 11.8 Å². The highest BCUT2D eigenvalue weighted by atomic mass is 16.4. The van der Waals surface area contributed by atoms with E-state index in [0.29, 0.717) is 0 Å². The molecule has 0 aliphatic rings. The molecule has 208 valence electrons. The Morgan fingerprint density at radius 3 is 2.08 bits per heavy atom. The van der Waals surface area contributed by atoms with Crippen LogP contribution >= 0.6 is 0 Å². The number of benzene rings is 1. The van der Waals surface area contributed by atoms with Crippen molar-refractivity contribution >= 4 is 40.6 Å². The Morgan fingerprint density at radius 1 is 0.895 bits per heavy atom. The van der Waals surface area contributed by atoms with Gasteiger partial charge in [-0.15, -0.1) is 0 Å². The van der Waals surface area contributed by atoms with E-state index in [1.54, 1.807) is 20.0 Å². The number of H-pyrrole nitrogens is 1. The van der Waals surface area contributed by atoms with Crippen LogP contribution in [0.4, 0.5) is 0 Å². The summed E-state index contributed by atoms with van der Waals surface area (Å²) < 4.78 is 0. The van der Waals surface area contributed by atoms with E-state index in [2.05, 4.69) is 20.9 Å². The highest BCUT2D eigenvalue weighted by Crippen LogP contribution is 2.19. The highest BCUT2D eigenvalue weighted by Gasteiger charge is 2.32. The van der Waals surface area contributed by atoms with E-state index < -0.39 is 66.2 Å². The van der Waals surface area contributed by atoms with Crippen molar-refractivity contribution in [3.05, 3.63) is 36.0 Å². The van der Waals surface area contributed by atoms with Gasteiger partial charge in [-0.1, -0.05) is 45.9 Å². The summed E-state index contributed by atoms with van der Waals surface area (Å²) >= 11 is 0. The average Bonchev–Trinajstić information content (AvgIpc) is 3.23. The maximum atomic E-state index is 13.0. The second-order valence-corrected chi connectivity index (χ2v) is 10.1. The molecule has 3 amide bonds. The maximum Gasteiger partial charge on any atom is 0.326 e. The van der Waals surface area contributed by atoms with Crippen molar-refractivity contribution in [1.82, 2.24) is 20.9 Å². The van der Waals surface area contributed by atoms with Gasteiger partial charge in [0.2, 0.25) is 17.7 Å². The summed E-state index contributed by atoms with van der Waals surface area (Å²) in [5.41, 5.74) is 7.74. The Bertz CT molecular complexity index is 1160. The van der Waals surface area contributed by atoms with Gasteiger partial charge in [-0.05, 0) is 36.3 Å². The van der Waals surface area contributed by atoms with Gasteiger partial charge < -0.3 is 36.9 Å². The third-order valence-electron chi connectivity index (χ3n) is 6.03. The van der Waals surface area contributed by atoms with Crippen molar-refractivity contribution in [3.8, 4) is 0 Å². The molecule has 4 atom stereocenters. The number of nitrogens with two attached hydrogens (primary N) is 1. The van der Waals surface area contributed by atoms with E-state index in [4.69, 9.17) is 5.73 Å². The van der Waals surface area contributed by atoms with Crippen molar-refractivity contribution in [2.24, 2.45) is 17.6 Å². The Balaban J connectivity index is 2.14. The van der Waals surface area contributed by atoms with E-state index >= 15 is 0 Å². The molecule has 2 rings (SSSR count). The van der Waals surface area contributed by atoms with Crippen molar-refractivity contribution in [3.63, 3.8) is 0 Å². The van der Waals surface area contributed by atoms with Crippen LogP contribution in [0.25, 0.3) is 10.9 Å². The largest absolute Gasteiger partial charge is 0.481 e. The first kappa shape index (κ1) is 30.3. The molecule has 0 aliphatic carbocycles. The topological polar surface area (TPSA) is 204 Å². The lowest BCUT2D eigenvalue weighted by atomic mass is 10.00. The second kappa shape index (κ2) is 13.6. The van der Waals surface area contributed by atoms with Crippen molar-refractivity contribution in [2.45, 2.75) is 71.1 Å². The molecule has 0 radical (unpaired) electrons. The third-order valence-corrected chi connectivity index (χ3v) is 6.03.